The molecule has 0 radical (unpaired) electrons. The van der Waals surface area contributed by atoms with Crippen molar-refractivity contribution < 1.29 is 5.11 Å². The fourth-order valence-corrected chi connectivity index (χ4v) is 2.70. The highest BCUT2D eigenvalue weighted by atomic mass is 79.9. The van der Waals surface area contributed by atoms with Crippen LogP contribution in [-0.4, -0.2) is 41.1 Å². The fraction of sp³-hybridized carbons (Fsp3) is 1.00. The van der Waals surface area contributed by atoms with Gasteiger partial charge in [0.15, 0.2) is 0 Å². The third-order valence-electron chi connectivity index (χ3n) is 3.26. The topological polar surface area (TPSA) is 23.5 Å². The minimum Gasteiger partial charge on any atom is -0.393 e. The molecule has 1 fully saturated rings. The van der Waals surface area contributed by atoms with Gasteiger partial charge in [-0.3, -0.25) is 0 Å². The number of aliphatic hydroxyl groups is 1. The zero-order valence-corrected chi connectivity index (χ0v) is 10.8. The van der Waals surface area contributed by atoms with Crippen molar-refractivity contribution >= 4 is 15.9 Å². The highest BCUT2D eigenvalue weighted by molar-refractivity contribution is 9.09. The number of rotatable bonds is 4. The van der Waals surface area contributed by atoms with Crippen LogP contribution in [0.3, 0.4) is 0 Å². The summed E-state index contributed by atoms with van der Waals surface area (Å²) in [5, 5.41) is 10.7. The molecule has 0 amide bonds. The lowest BCUT2D eigenvalue weighted by molar-refractivity contribution is 0.0302. The van der Waals surface area contributed by atoms with Gasteiger partial charge in [0.1, 0.15) is 0 Å². The number of piperidine rings is 1. The predicted octanol–water partition coefficient (Wildman–Crippen LogP) is 2.11. The lowest BCUT2D eigenvalue weighted by Gasteiger charge is -2.35. The summed E-state index contributed by atoms with van der Waals surface area (Å²) in [6, 6.07) is 0. The van der Waals surface area contributed by atoms with Crippen LogP contribution < -0.4 is 0 Å². The van der Waals surface area contributed by atoms with Crippen LogP contribution in [0.4, 0.5) is 0 Å². The zero-order chi connectivity index (χ0) is 10.6. The van der Waals surface area contributed by atoms with E-state index in [1.165, 1.54) is 13.0 Å². The van der Waals surface area contributed by atoms with Gasteiger partial charge >= 0.3 is 0 Å². The lowest BCUT2D eigenvalue weighted by Crippen LogP contribution is -2.44. The second kappa shape index (κ2) is 6.09. The van der Waals surface area contributed by atoms with Crippen molar-refractivity contribution in [2.45, 2.75) is 32.8 Å². The maximum atomic E-state index is 9.61. The highest BCUT2D eigenvalue weighted by Crippen LogP contribution is 2.19. The first-order valence-electron chi connectivity index (χ1n) is 5.63. The molecule has 1 aliphatic rings. The van der Waals surface area contributed by atoms with Gasteiger partial charge in [-0.25, -0.2) is 0 Å². The molecule has 1 aliphatic heterocycles. The Bertz CT molecular complexity index is 161. The van der Waals surface area contributed by atoms with Gasteiger partial charge in [0.25, 0.3) is 0 Å². The second-order valence-corrected chi connectivity index (χ2v) is 5.17. The fourth-order valence-electron chi connectivity index (χ4n) is 2.04. The normalized spacial score (nSPS) is 31.7. The molecule has 0 spiro atoms. The maximum absolute atomic E-state index is 9.61. The van der Waals surface area contributed by atoms with E-state index in [4.69, 9.17) is 0 Å². The van der Waals surface area contributed by atoms with Gasteiger partial charge in [-0.05, 0) is 18.3 Å². The Kier molecular flexibility index (Phi) is 5.42. The van der Waals surface area contributed by atoms with E-state index in [1.807, 2.05) is 0 Å². The van der Waals surface area contributed by atoms with E-state index in [9.17, 15) is 5.11 Å². The first-order valence-corrected chi connectivity index (χ1v) is 6.75. The summed E-state index contributed by atoms with van der Waals surface area (Å²) in [7, 11) is 0. The molecule has 3 atom stereocenters. The average molecular weight is 264 g/mol. The minimum absolute atomic E-state index is 0.0738. The first-order chi connectivity index (χ1) is 6.67. The van der Waals surface area contributed by atoms with E-state index in [0.29, 0.717) is 5.92 Å². The Balaban J connectivity index is 2.32. The van der Waals surface area contributed by atoms with Crippen LogP contribution in [0.15, 0.2) is 0 Å². The van der Waals surface area contributed by atoms with Crippen molar-refractivity contribution in [1.29, 1.82) is 0 Å². The number of aliphatic hydroxyl groups excluding tert-OH is 1. The molecule has 0 bridgehead atoms. The van der Waals surface area contributed by atoms with Crippen LogP contribution in [0.25, 0.3) is 0 Å². The van der Waals surface area contributed by atoms with Crippen LogP contribution in [0.2, 0.25) is 0 Å². The van der Waals surface area contributed by atoms with Gasteiger partial charge in [0.05, 0.1) is 6.10 Å². The van der Waals surface area contributed by atoms with E-state index < -0.39 is 0 Å². The highest BCUT2D eigenvalue weighted by Gasteiger charge is 2.24. The second-order valence-electron chi connectivity index (χ2n) is 4.52. The number of halogens is 1. The van der Waals surface area contributed by atoms with E-state index in [1.54, 1.807) is 0 Å². The molecule has 2 nitrogen and oxygen atoms in total. The molecule has 0 aromatic heterocycles. The van der Waals surface area contributed by atoms with E-state index >= 15 is 0 Å². The number of nitrogens with zero attached hydrogens (tertiary/aromatic N) is 1. The molecule has 0 aromatic rings. The standard InChI is InChI=1S/C11H22BrNO/c1-3-10(6-12)8-13-5-4-11(14)9(2)7-13/h9-11,14H,3-8H2,1-2H3. The van der Waals surface area contributed by atoms with E-state index in [2.05, 4.69) is 34.7 Å². The Morgan fingerprint density at radius 2 is 2.29 bits per heavy atom. The summed E-state index contributed by atoms with van der Waals surface area (Å²) in [4.78, 5) is 2.49. The van der Waals surface area contributed by atoms with Gasteiger partial charge in [0, 0.05) is 25.0 Å². The molecule has 3 heteroatoms. The van der Waals surface area contributed by atoms with Gasteiger partial charge in [-0.1, -0.05) is 36.2 Å². The van der Waals surface area contributed by atoms with Crippen LogP contribution >= 0.6 is 15.9 Å². The van der Waals surface area contributed by atoms with Crippen molar-refractivity contribution in [3.8, 4) is 0 Å². The molecule has 3 unspecified atom stereocenters. The molecule has 1 saturated heterocycles. The molecule has 0 aromatic carbocycles. The third kappa shape index (κ3) is 3.52. The molecule has 1 rings (SSSR count). The molecule has 0 aliphatic carbocycles. The smallest absolute Gasteiger partial charge is 0.0590 e. The Labute approximate surface area is 95.8 Å². The van der Waals surface area contributed by atoms with Crippen LogP contribution in [0.5, 0.6) is 0 Å². The van der Waals surface area contributed by atoms with Crippen molar-refractivity contribution in [2.75, 3.05) is 25.0 Å². The summed E-state index contributed by atoms with van der Waals surface area (Å²) < 4.78 is 0. The Hall–Kier alpha value is 0.400. The van der Waals surface area contributed by atoms with Crippen LogP contribution in [0.1, 0.15) is 26.7 Å². The lowest BCUT2D eigenvalue weighted by atomic mass is 9.95. The quantitative estimate of drug-likeness (QED) is 0.786. The van der Waals surface area contributed by atoms with Crippen LogP contribution in [-0.2, 0) is 0 Å². The SMILES string of the molecule is CCC(CBr)CN1CCC(O)C(C)C1. The molecular formula is C11H22BrNO. The summed E-state index contributed by atoms with van der Waals surface area (Å²) in [6.45, 7) is 7.69. The predicted molar refractivity (Wildman–Crippen MR) is 63.8 cm³/mol. The number of hydrogen-bond acceptors (Lipinski definition) is 2. The number of hydrogen-bond donors (Lipinski definition) is 1. The van der Waals surface area contributed by atoms with Gasteiger partial charge in [0.2, 0.25) is 0 Å². The zero-order valence-electron chi connectivity index (χ0n) is 9.25. The molecule has 1 N–H and O–H groups in total. The van der Waals surface area contributed by atoms with Crippen molar-refractivity contribution in [3.63, 3.8) is 0 Å². The van der Waals surface area contributed by atoms with Crippen LogP contribution in [0, 0.1) is 11.8 Å². The summed E-state index contributed by atoms with van der Waals surface area (Å²) in [6.07, 6.45) is 2.11. The van der Waals surface area contributed by atoms with Crippen molar-refractivity contribution in [1.82, 2.24) is 4.90 Å². The van der Waals surface area contributed by atoms with Crippen molar-refractivity contribution in [3.05, 3.63) is 0 Å². The Morgan fingerprint density at radius 3 is 2.79 bits per heavy atom. The van der Waals surface area contributed by atoms with Gasteiger partial charge < -0.3 is 10.0 Å². The number of likely N-dealkylation sites (tertiary alicyclic amines) is 1. The third-order valence-corrected chi connectivity index (χ3v) is 4.17. The molecular weight excluding hydrogens is 242 g/mol. The Morgan fingerprint density at radius 1 is 1.57 bits per heavy atom. The average Bonchev–Trinajstić information content (AvgIpc) is 2.19. The van der Waals surface area contributed by atoms with E-state index in [0.717, 1.165) is 30.8 Å². The molecule has 0 saturated carbocycles. The minimum atomic E-state index is -0.0738. The summed E-state index contributed by atoms with van der Waals surface area (Å²) >= 11 is 3.55. The monoisotopic (exact) mass is 263 g/mol. The largest absolute Gasteiger partial charge is 0.393 e. The van der Waals surface area contributed by atoms with E-state index in [-0.39, 0.29) is 6.10 Å². The molecule has 84 valence electrons. The molecule has 1 heterocycles. The number of alkyl halides is 1. The maximum Gasteiger partial charge on any atom is 0.0590 e. The first kappa shape index (κ1) is 12.5. The van der Waals surface area contributed by atoms with Gasteiger partial charge in [-0.2, -0.15) is 0 Å². The van der Waals surface area contributed by atoms with Gasteiger partial charge in [-0.15, -0.1) is 0 Å². The summed E-state index contributed by atoms with van der Waals surface area (Å²) in [5.74, 6) is 1.20. The summed E-state index contributed by atoms with van der Waals surface area (Å²) in [5.41, 5.74) is 0. The van der Waals surface area contributed by atoms with Crippen molar-refractivity contribution in [2.24, 2.45) is 11.8 Å². The molecule has 14 heavy (non-hydrogen) atoms.